The third-order valence-corrected chi connectivity index (χ3v) is 1.73. The quantitative estimate of drug-likeness (QED) is 0.485. The number of carbonyl (C=O) groups is 1. The molecule has 1 saturated heterocycles. The molecule has 0 bridgehead atoms. The summed E-state index contributed by atoms with van der Waals surface area (Å²) in [6, 6.07) is 0.387. The Morgan fingerprint density at radius 2 is 2.44 bits per heavy atom. The topological polar surface area (TPSA) is 29.5 Å². The largest absolute Gasteiger partial charge is 0.453 e. The summed E-state index contributed by atoms with van der Waals surface area (Å²) in [5.74, 6) is 0. The molecule has 52 valence electrons. The van der Waals surface area contributed by atoms with E-state index in [1.165, 1.54) is 7.11 Å². The molecule has 1 heterocycles. The summed E-state index contributed by atoms with van der Waals surface area (Å²) in [6.07, 6.45) is 0.906. The Hall–Kier alpha value is -0.730. The molecule has 3 nitrogen and oxygen atoms in total. The normalized spacial score (nSPS) is 25.1. The van der Waals surface area contributed by atoms with E-state index >= 15 is 0 Å². The molecule has 1 aliphatic rings. The van der Waals surface area contributed by atoms with Crippen LogP contribution in [0.25, 0.3) is 0 Å². The van der Waals surface area contributed by atoms with Crippen LogP contribution >= 0.6 is 0 Å². The van der Waals surface area contributed by atoms with Crippen LogP contribution in [0.1, 0.15) is 13.3 Å². The van der Waals surface area contributed by atoms with Gasteiger partial charge in [-0.3, -0.25) is 0 Å². The van der Waals surface area contributed by atoms with E-state index in [1.54, 1.807) is 4.90 Å². The van der Waals surface area contributed by atoms with Gasteiger partial charge in [-0.2, -0.15) is 0 Å². The van der Waals surface area contributed by atoms with Crippen LogP contribution in [-0.2, 0) is 4.74 Å². The van der Waals surface area contributed by atoms with E-state index in [0.29, 0.717) is 6.04 Å². The zero-order valence-corrected chi connectivity index (χ0v) is 5.76. The van der Waals surface area contributed by atoms with Gasteiger partial charge in [0.05, 0.1) is 7.11 Å². The molecule has 0 spiro atoms. The van der Waals surface area contributed by atoms with Gasteiger partial charge in [0.15, 0.2) is 0 Å². The maximum absolute atomic E-state index is 10.7. The van der Waals surface area contributed by atoms with Crippen LogP contribution in [0, 0.1) is 0 Å². The Morgan fingerprint density at radius 1 is 1.78 bits per heavy atom. The molecule has 0 N–H and O–H groups in total. The number of hydrogen-bond donors (Lipinski definition) is 0. The zero-order chi connectivity index (χ0) is 6.85. The second kappa shape index (κ2) is 2.25. The first-order valence-electron chi connectivity index (χ1n) is 3.10. The minimum atomic E-state index is -0.200. The Morgan fingerprint density at radius 3 is 2.56 bits per heavy atom. The van der Waals surface area contributed by atoms with Crippen LogP contribution in [0.15, 0.2) is 0 Å². The van der Waals surface area contributed by atoms with Gasteiger partial charge in [-0.15, -0.1) is 0 Å². The molecular weight excluding hydrogens is 118 g/mol. The summed E-state index contributed by atoms with van der Waals surface area (Å²) in [6.45, 7) is 2.87. The fraction of sp³-hybridized carbons (Fsp3) is 0.833. The zero-order valence-electron chi connectivity index (χ0n) is 5.76. The average molecular weight is 129 g/mol. The number of ether oxygens (including phenoxy) is 1. The van der Waals surface area contributed by atoms with Crippen LogP contribution in [-0.4, -0.2) is 30.7 Å². The lowest BCUT2D eigenvalue weighted by Crippen LogP contribution is -2.49. The highest BCUT2D eigenvalue weighted by molar-refractivity contribution is 5.68. The van der Waals surface area contributed by atoms with Crippen molar-refractivity contribution in [1.82, 2.24) is 4.90 Å². The van der Waals surface area contributed by atoms with Crippen molar-refractivity contribution in [3.8, 4) is 0 Å². The van der Waals surface area contributed by atoms with Crippen molar-refractivity contribution in [3.63, 3.8) is 0 Å². The van der Waals surface area contributed by atoms with Gasteiger partial charge in [-0.1, -0.05) is 0 Å². The number of methoxy groups -OCH3 is 1. The lowest BCUT2D eigenvalue weighted by atomic mass is 10.1. The predicted molar refractivity (Wildman–Crippen MR) is 33.2 cm³/mol. The van der Waals surface area contributed by atoms with Gasteiger partial charge in [0.25, 0.3) is 0 Å². The van der Waals surface area contributed by atoms with Gasteiger partial charge in [-0.05, 0) is 13.3 Å². The van der Waals surface area contributed by atoms with E-state index in [0.717, 1.165) is 13.0 Å². The van der Waals surface area contributed by atoms with Crippen LogP contribution < -0.4 is 0 Å². The van der Waals surface area contributed by atoms with Crippen molar-refractivity contribution in [1.29, 1.82) is 0 Å². The molecule has 3 heteroatoms. The number of likely N-dealkylation sites (tertiary alicyclic amines) is 1. The summed E-state index contributed by atoms with van der Waals surface area (Å²) in [5, 5.41) is 0. The Bertz CT molecular complexity index is 124. The van der Waals surface area contributed by atoms with E-state index < -0.39 is 0 Å². The highest BCUT2D eigenvalue weighted by atomic mass is 16.5. The molecule has 1 fully saturated rings. The van der Waals surface area contributed by atoms with Gasteiger partial charge >= 0.3 is 6.09 Å². The van der Waals surface area contributed by atoms with Crippen LogP contribution in [0.2, 0.25) is 0 Å². The standard InChI is InChI=1S/C6H11NO2/c1-5-3-4-7(5)6(8)9-2/h5H,3-4H2,1-2H3. The van der Waals surface area contributed by atoms with Crippen LogP contribution in [0.5, 0.6) is 0 Å². The number of amides is 1. The highest BCUT2D eigenvalue weighted by Gasteiger charge is 2.28. The summed E-state index contributed by atoms with van der Waals surface area (Å²) in [7, 11) is 1.41. The molecule has 0 aliphatic carbocycles. The maximum atomic E-state index is 10.7. The minimum absolute atomic E-state index is 0.200. The Kier molecular flexibility index (Phi) is 1.60. The molecule has 1 rings (SSSR count). The van der Waals surface area contributed by atoms with E-state index in [1.807, 2.05) is 6.92 Å². The maximum Gasteiger partial charge on any atom is 0.409 e. The highest BCUT2D eigenvalue weighted by Crippen LogP contribution is 2.16. The average Bonchev–Trinajstić information content (AvgIpc) is 1.84. The predicted octanol–water partition coefficient (Wildman–Crippen LogP) is 0.847. The van der Waals surface area contributed by atoms with Crippen molar-refractivity contribution < 1.29 is 9.53 Å². The van der Waals surface area contributed by atoms with Crippen molar-refractivity contribution in [2.24, 2.45) is 0 Å². The van der Waals surface area contributed by atoms with Crippen molar-refractivity contribution in [2.75, 3.05) is 13.7 Å². The second-order valence-corrected chi connectivity index (χ2v) is 2.30. The molecule has 0 aromatic rings. The Balaban J connectivity index is 2.35. The molecule has 1 atom stereocenters. The number of rotatable bonds is 0. The van der Waals surface area contributed by atoms with Gasteiger partial charge in [0, 0.05) is 12.6 Å². The van der Waals surface area contributed by atoms with E-state index in [2.05, 4.69) is 4.74 Å². The van der Waals surface area contributed by atoms with Crippen LogP contribution in [0.4, 0.5) is 4.79 Å². The first-order valence-corrected chi connectivity index (χ1v) is 3.10. The van der Waals surface area contributed by atoms with Crippen molar-refractivity contribution in [2.45, 2.75) is 19.4 Å². The monoisotopic (exact) mass is 129 g/mol. The first-order chi connectivity index (χ1) is 4.25. The molecule has 1 amide bonds. The third kappa shape index (κ3) is 0.992. The summed E-state index contributed by atoms with van der Waals surface area (Å²) >= 11 is 0. The SMILES string of the molecule is COC(=O)N1CCC1C. The Labute approximate surface area is 54.6 Å². The summed E-state index contributed by atoms with van der Waals surface area (Å²) < 4.78 is 4.51. The lowest BCUT2D eigenvalue weighted by molar-refractivity contribution is 0.0686. The molecule has 1 aliphatic heterocycles. The fourth-order valence-corrected chi connectivity index (χ4v) is 0.905. The number of carbonyl (C=O) groups excluding carboxylic acids is 1. The summed E-state index contributed by atoms with van der Waals surface area (Å²) in [4.78, 5) is 12.4. The molecule has 0 radical (unpaired) electrons. The van der Waals surface area contributed by atoms with Gasteiger partial charge in [0.2, 0.25) is 0 Å². The smallest absolute Gasteiger partial charge is 0.409 e. The first kappa shape index (κ1) is 6.39. The second-order valence-electron chi connectivity index (χ2n) is 2.30. The third-order valence-electron chi connectivity index (χ3n) is 1.73. The molecule has 0 aromatic heterocycles. The van der Waals surface area contributed by atoms with Gasteiger partial charge < -0.3 is 9.64 Å². The van der Waals surface area contributed by atoms with E-state index in [-0.39, 0.29) is 6.09 Å². The van der Waals surface area contributed by atoms with E-state index in [4.69, 9.17) is 0 Å². The summed E-state index contributed by atoms with van der Waals surface area (Å²) in [5.41, 5.74) is 0. The molecule has 0 saturated carbocycles. The number of hydrogen-bond acceptors (Lipinski definition) is 2. The molecular formula is C6H11NO2. The van der Waals surface area contributed by atoms with Crippen LogP contribution in [0.3, 0.4) is 0 Å². The lowest BCUT2D eigenvalue weighted by Gasteiger charge is -2.36. The molecule has 9 heavy (non-hydrogen) atoms. The molecule has 0 aromatic carbocycles. The van der Waals surface area contributed by atoms with Gasteiger partial charge in [0.1, 0.15) is 0 Å². The minimum Gasteiger partial charge on any atom is -0.453 e. The number of nitrogens with zero attached hydrogens (tertiary/aromatic N) is 1. The van der Waals surface area contributed by atoms with Gasteiger partial charge in [-0.25, -0.2) is 4.79 Å². The van der Waals surface area contributed by atoms with Crippen molar-refractivity contribution >= 4 is 6.09 Å². The van der Waals surface area contributed by atoms with E-state index in [9.17, 15) is 4.79 Å². The fourth-order valence-electron chi connectivity index (χ4n) is 0.905. The van der Waals surface area contributed by atoms with Crippen molar-refractivity contribution in [3.05, 3.63) is 0 Å². The molecule has 1 unspecified atom stereocenters.